The molecule has 3 aromatic rings. The molecule has 1 N–H and O–H groups in total. The summed E-state index contributed by atoms with van der Waals surface area (Å²) in [5.41, 5.74) is 2.41. The summed E-state index contributed by atoms with van der Waals surface area (Å²) in [4.78, 5) is 12.6. The Bertz CT molecular complexity index is 1180. The number of carbonyl (C=O) groups is 1. The lowest BCUT2D eigenvalue weighted by Crippen LogP contribution is -2.57. The number of ether oxygens (including phenoxy) is 2. The van der Waals surface area contributed by atoms with Crippen LogP contribution in [0.3, 0.4) is 0 Å². The molecule has 0 bridgehead atoms. The molecule has 0 atom stereocenters. The predicted molar refractivity (Wildman–Crippen MR) is 120 cm³/mol. The molecule has 0 aliphatic rings. The van der Waals surface area contributed by atoms with Crippen LogP contribution in [0, 0.1) is 0 Å². The van der Waals surface area contributed by atoms with Crippen molar-refractivity contribution in [3.05, 3.63) is 89.5 Å². The predicted octanol–water partition coefficient (Wildman–Crippen LogP) is 6.01. The maximum absolute atomic E-state index is 13.8. The minimum atomic E-state index is -5.82. The summed E-state index contributed by atoms with van der Waals surface area (Å²) in [6.45, 7) is -5.10. The number of methoxy groups -OCH3 is 1. The molecule has 0 aliphatic heterocycles. The highest BCUT2D eigenvalue weighted by Crippen LogP contribution is 2.45. The van der Waals surface area contributed by atoms with Crippen molar-refractivity contribution in [2.45, 2.75) is 24.4 Å². The van der Waals surface area contributed by atoms with Crippen molar-refractivity contribution < 1.29 is 45.7 Å². The molecule has 0 spiro atoms. The van der Waals surface area contributed by atoms with Gasteiger partial charge in [-0.15, -0.1) is 0 Å². The normalized spacial score (nSPS) is 12.4. The lowest BCUT2D eigenvalue weighted by Gasteiger charge is -2.31. The van der Waals surface area contributed by atoms with Crippen LogP contribution in [0.1, 0.15) is 21.5 Å². The van der Waals surface area contributed by atoms with Gasteiger partial charge in [0.05, 0.1) is 13.7 Å². The van der Waals surface area contributed by atoms with E-state index in [1.807, 2.05) is 0 Å². The van der Waals surface area contributed by atoms with Gasteiger partial charge in [0.1, 0.15) is 19.0 Å². The van der Waals surface area contributed by atoms with Crippen molar-refractivity contribution in [3.63, 3.8) is 0 Å². The number of hydrogen-bond acceptors (Lipinski definition) is 4. The highest BCUT2D eigenvalue weighted by molar-refractivity contribution is 6.09. The Kier molecular flexibility index (Phi) is 8.10. The first-order valence-electron chi connectivity index (χ1n) is 10.6. The summed E-state index contributed by atoms with van der Waals surface area (Å²) in [5, 5.41) is 8.37. The van der Waals surface area contributed by atoms with Gasteiger partial charge in [-0.3, -0.25) is 4.79 Å². The van der Waals surface area contributed by atoms with Crippen LogP contribution >= 0.6 is 0 Å². The van der Waals surface area contributed by atoms with Crippen molar-refractivity contribution >= 4 is 5.78 Å². The first kappa shape index (κ1) is 27.2. The van der Waals surface area contributed by atoms with Gasteiger partial charge >= 0.3 is 17.8 Å². The molecule has 0 radical (unpaired) electrons. The van der Waals surface area contributed by atoms with Gasteiger partial charge in [-0.25, -0.2) is 0 Å². The van der Waals surface area contributed by atoms with E-state index < -0.39 is 37.6 Å². The number of hydrogen-bond donors (Lipinski definition) is 1. The molecule has 0 heterocycles. The third-order valence-electron chi connectivity index (χ3n) is 5.46. The molecule has 0 saturated heterocycles. The van der Waals surface area contributed by atoms with Crippen LogP contribution in [0.5, 0.6) is 5.75 Å². The van der Waals surface area contributed by atoms with E-state index in [4.69, 9.17) is 9.84 Å². The van der Waals surface area contributed by atoms with E-state index in [0.29, 0.717) is 22.3 Å². The Labute approximate surface area is 203 Å². The molecule has 192 valence electrons. The van der Waals surface area contributed by atoms with Gasteiger partial charge in [-0.1, -0.05) is 60.7 Å². The van der Waals surface area contributed by atoms with Crippen LogP contribution in [-0.4, -0.2) is 49.0 Å². The van der Waals surface area contributed by atoms with Crippen molar-refractivity contribution in [2.24, 2.45) is 0 Å². The third kappa shape index (κ3) is 5.55. The molecule has 0 amide bonds. The summed E-state index contributed by atoms with van der Waals surface area (Å²) in [6.07, 6.45) is 0. The fourth-order valence-electron chi connectivity index (χ4n) is 3.39. The molecule has 3 rings (SSSR count). The summed E-state index contributed by atoms with van der Waals surface area (Å²) >= 11 is 0. The second kappa shape index (κ2) is 10.7. The van der Waals surface area contributed by atoms with Crippen molar-refractivity contribution in [2.75, 3.05) is 20.3 Å². The SMILES string of the molecule is COc1ccc(-c2ccc(C(=O)c3ccccc3)cc2)cc1COCC(F)(F)C(F)(F)C(F)(F)CO. The van der Waals surface area contributed by atoms with Crippen LogP contribution in [-0.2, 0) is 11.3 Å². The van der Waals surface area contributed by atoms with Gasteiger partial charge in [0.15, 0.2) is 5.78 Å². The largest absolute Gasteiger partial charge is 0.496 e. The zero-order chi connectivity index (χ0) is 26.6. The molecular weight excluding hydrogens is 490 g/mol. The number of benzene rings is 3. The molecule has 0 fully saturated rings. The van der Waals surface area contributed by atoms with Gasteiger partial charge in [-0.2, -0.15) is 26.3 Å². The summed E-state index contributed by atoms with van der Waals surface area (Å²) in [7, 11) is 1.30. The molecule has 3 aromatic carbocycles. The van der Waals surface area contributed by atoms with Gasteiger partial charge < -0.3 is 14.6 Å². The first-order valence-corrected chi connectivity index (χ1v) is 10.6. The number of aliphatic hydroxyl groups excluding tert-OH is 1. The van der Waals surface area contributed by atoms with Gasteiger partial charge in [0.25, 0.3) is 0 Å². The Morgan fingerprint density at radius 3 is 1.97 bits per heavy atom. The van der Waals surface area contributed by atoms with E-state index in [1.54, 1.807) is 60.7 Å². The molecule has 10 heteroatoms. The smallest absolute Gasteiger partial charge is 0.376 e. The van der Waals surface area contributed by atoms with Gasteiger partial charge in [-0.05, 0) is 23.3 Å². The van der Waals surface area contributed by atoms with E-state index in [0.717, 1.165) is 0 Å². The monoisotopic (exact) mass is 512 g/mol. The summed E-state index contributed by atoms with van der Waals surface area (Å²) in [6, 6.07) is 19.9. The Hall–Kier alpha value is -3.37. The van der Waals surface area contributed by atoms with Crippen LogP contribution in [0.4, 0.5) is 26.3 Å². The average molecular weight is 512 g/mol. The number of carbonyl (C=O) groups excluding carboxylic acids is 1. The molecule has 0 saturated carbocycles. The van der Waals surface area contributed by atoms with Crippen molar-refractivity contribution in [1.29, 1.82) is 0 Å². The molecule has 4 nitrogen and oxygen atoms in total. The minimum Gasteiger partial charge on any atom is -0.496 e. The molecule has 0 aromatic heterocycles. The van der Waals surface area contributed by atoms with Gasteiger partial charge in [0.2, 0.25) is 0 Å². The van der Waals surface area contributed by atoms with E-state index in [1.165, 1.54) is 19.2 Å². The van der Waals surface area contributed by atoms with Crippen LogP contribution < -0.4 is 4.74 Å². The van der Waals surface area contributed by atoms with E-state index in [9.17, 15) is 31.1 Å². The topological polar surface area (TPSA) is 55.8 Å². The molecule has 0 unspecified atom stereocenters. The van der Waals surface area contributed by atoms with E-state index in [-0.39, 0.29) is 17.1 Å². The first-order chi connectivity index (χ1) is 16.9. The van der Waals surface area contributed by atoms with E-state index in [2.05, 4.69) is 4.74 Å². The lowest BCUT2D eigenvalue weighted by atomic mass is 9.98. The van der Waals surface area contributed by atoms with Crippen molar-refractivity contribution in [3.8, 4) is 16.9 Å². The lowest BCUT2D eigenvalue weighted by molar-refractivity contribution is -0.326. The minimum absolute atomic E-state index is 0.171. The standard InChI is InChI=1S/C26H22F6O4/c1-35-22-12-11-20(17-7-9-19(10-8-17)23(34)18-5-3-2-4-6-18)13-21(22)14-36-16-25(29,30)26(31,32)24(27,28)15-33/h2-13,33H,14-16H2,1H3. The number of ketones is 1. The Morgan fingerprint density at radius 2 is 1.39 bits per heavy atom. The fourth-order valence-corrected chi connectivity index (χ4v) is 3.39. The van der Waals surface area contributed by atoms with E-state index >= 15 is 0 Å². The Balaban J connectivity index is 1.76. The average Bonchev–Trinajstić information content (AvgIpc) is 2.88. The maximum atomic E-state index is 13.8. The molecule has 36 heavy (non-hydrogen) atoms. The number of alkyl halides is 6. The second-order valence-electron chi connectivity index (χ2n) is 7.93. The number of aliphatic hydroxyl groups is 1. The molecular formula is C26H22F6O4. The fraction of sp³-hybridized carbons (Fsp3) is 0.269. The maximum Gasteiger partial charge on any atom is 0.376 e. The zero-order valence-corrected chi connectivity index (χ0v) is 19.0. The molecule has 0 aliphatic carbocycles. The third-order valence-corrected chi connectivity index (χ3v) is 5.46. The highest BCUT2D eigenvalue weighted by atomic mass is 19.3. The number of halogens is 6. The Morgan fingerprint density at radius 1 is 0.806 bits per heavy atom. The summed E-state index contributed by atoms with van der Waals surface area (Å²) in [5.74, 6) is -16.4. The van der Waals surface area contributed by atoms with Crippen LogP contribution in [0.15, 0.2) is 72.8 Å². The quantitative estimate of drug-likeness (QED) is 0.253. The van der Waals surface area contributed by atoms with Gasteiger partial charge in [0, 0.05) is 16.7 Å². The summed E-state index contributed by atoms with van der Waals surface area (Å²) < 4.78 is 90.8. The van der Waals surface area contributed by atoms with Crippen LogP contribution in [0.25, 0.3) is 11.1 Å². The second-order valence-corrected chi connectivity index (χ2v) is 7.93. The van der Waals surface area contributed by atoms with Crippen LogP contribution in [0.2, 0.25) is 0 Å². The number of rotatable bonds is 11. The van der Waals surface area contributed by atoms with Crippen molar-refractivity contribution in [1.82, 2.24) is 0 Å². The zero-order valence-electron chi connectivity index (χ0n) is 19.0. The highest BCUT2D eigenvalue weighted by Gasteiger charge is 2.71.